The standard InChI is InChI=1S/C21H21N3O4/c25-20(24-28)10-9-14-5-7-15(8-6-14)12-22-19(21(26)27)11-16-13-23-18-4-2-1-3-17(16)18/h1-10,13,19,22-23,28H,11-12H2,(H,24,25)(H,26,27). The van der Waals surface area contributed by atoms with Crippen molar-refractivity contribution in [2.75, 3.05) is 0 Å². The van der Waals surface area contributed by atoms with Gasteiger partial charge in [-0.3, -0.25) is 14.8 Å². The van der Waals surface area contributed by atoms with E-state index >= 15 is 0 Å². The highest BCUT2D eigenvalue weighted by atomic mass is 16.5. The molecule has 0 aliphatic rings. The third-order valence-corrected chi connectivity index (χ3v) is 4.47. The lowest BCUT2D eigenvalue weighted by molar-refractivity contribution is -0.139. The molecule has 28 heavy (non-hydrogen) atoms. The number of amides is 1. The maximum Gasteiger partial charge on any atom is 0.321 e. The number of aromatic amines is 1. The number of carboxylic acid groups (broad SMARTS) is 1. The van der Waals surface area contributed by atoms with Gasteiger partial charge >= 0.3 is 5.97 Å². The molecule has 144 valence electrons. The summed E-state index contributed by atoms with van der Waals surface area (Å²) in [6.45, 7) is 0.403. The Kier molecular flexibility index (Phi) is 6.21. The molecular formula is C21H21N3O4. The van der Waals surface area contributed by atoms with Crippen molar-refractivity contribution < 1.29 is 19.9 Å². The molecular weight excluding hydrogens is 358 g/mol. The molecule has 1 unspecified atom stereocenters. The monoisotopic (exact) mass is 379 g/mol. The molecule has 3 rings (SSSR count). The van der Waals surface area contributed by atoms with Gasteiger partial charge in [-0.25, -0.2) is 5.48 Å². The van der Waals surface area contributed by atoms with Gasteiger partial charge in [0.1, 0.15) is 6.04 Å². The van der Waals surface area contributed by atoms with Gasteiger partial charge in [0.05, 0.1) is 0 Å². The number of fused-ring (bicyclic) bond motifs is 1. The first-order valence-corrected chi connectivity index (χ1v) is 8.79. The number of hydroxylamine groups is 1. The average Bonchev–Trinajstić information content (AvgIpc) is 3.12. The number of rotatable bonds is 8. The van der Waals surface area contributed by atoms with Crippen LogP contribution in [-0.2, 0) is 22.6 Å². The molecule has 2 aromatic carbocycles. The topological polar surface area (TPSA) is 114 Å². The summed E-state index contributed by atoms with van der Waals surface area (Å²) in [5, 5.41) is 22.2. The van der Waals surface area contributed by atoms with Crippen LogP contribution in [0, 0.1) is 0 Å². The molecule has 0 aliphatic carbocycles. The molecule has 0 aliphatic heterocycles. The van der Waals surface area contributed by atoms with Crippen LogP contribution < -0.4 is 10.8 Å². The molecule has 3 aromatic rings. The number of H-pyrrole nitrogens is 1. The van der Waals surface area contributed by atoms with Crippen molar-refractivity contribution in [3.63, 3.8) is 0 Å². The Labute approximate surface area is 161 Å². The molecule has 1 amide bonds. The summed E-state index contributed by atoms with van der Waals surface area (Å²) in [4.78, 5) is 25.8. The summed E-state index contributed by atoms with van der Waals surface area (Å²) >= 11 is 0. The van der Waals surface area contributed by atoms with Crippen LogP contribution in [0.25, 0.3) is 17.0 Å². The molecule has 7 nitrogen and oxygen atoms in total. The van der Waals surface area contributed by atoms with E-state index in [0.717, 1.165) is 27.6 Å². The molecule has 7 heteroatoms. The zero-order chi connectivity index (χ0) is 19.9. The second-order valence-corrected chi connectivity index (χ2v) is 6.39. The number of carbonyl (C=O) groups is 2. The maximum absolute atomic E-state index is 11.7. The first-order valence-electron chi connectivity index (χ1n) is 8.79. The minimum absolute atomic E-state index is 0.371. The first kappa shape index (κ1) is 19.3. The lowest BCUT2D eigenvalue weighted by Crippen LogP contribution is -2.38. The summed E-state index contributed by atoms with van der Waals surface area (Å²) in [5.41, 5.74) is 5.19. The van der Waals surface area contributed by atoms with Crippen LogP contribution in [0.3, 0.4) is 0 Å². The van der Waals surface area contributed by atoms with Gasteiger partial charge in [0.25, 0.3) is 5.91 Å². The minimum atomic E-state index is -0.903. The molecule has 0 fully saturated rings. The highest BCUT2D eigenvalue weighted by Gasteiger charge is 2.19. The maximum atomic E-state index is 11.7. The van der Waals surface area contributed by atoms with Crippen molar-refractivity contribution >= 4 is 28.9 Å². The Morgan fingerprint density at radius 1 is 1.11 bits per heavy atom. The Hall–Kier alpha value is -3.42. The van der Waals surface area contributed by atoms with Gasteiger partial charge in [0.2, 0.25) is 0 Å². The number of hydrogen-bond acceptors (Lipinski definition) is 4. The highest BCUT2D eigenvalue weighted by molar-refractivity contribution is 5.90. The first-order chi connectivity index (χ1) is 13.6. The van der Waals surface area contributed by atoms with Crippen LogP contribution in [0.2, 0.25) is 0 Å². The SMILES string of the molecule is O=C(C=Cc1ccc(CNC(Cc2c[nH]c3ccccc23)C(=O)O)cc1)NO. The number of aromatic nitrogens is 1. The molecule has 1 atom stereocenters. The van der Waals surface area contributed by atoms with Crippen LogP contribution in [0.5, 0.6) is 0 Å². The molecule has 0 spiro atoms. The summed E-state index contributed by atoms with van der Waals surface area (Å²) in [7, 11) is 0. The van der Waals surface area contributed by atoms with Gasteiger partial charge in [-0.1, -0.05) is 42.5 Å². The Morgan fingerprint density at radius 2 is 1.86 bits per heavy atom. The molecule has 0 saturated heterocycles. The number of hydrogen-bond donors (Lipinski definition) is 5. The van der Waals surface area contributed by atoms with Crippen LogP contribution in [0.15, 0.2) is 60.8 Å². The van der Waals surface area contributed by atoms with Gasteiger partial charge in [-0.15, -0.1) is 0 Å². The van der Waals surface area contributed by atoms with Crippen molar-refractivity contribution in [3.05, 3.63) is 77.5 Å². The number of benzene rings is 2. The van der Waals surface area contributed by atoms with Crippen molar-refractivity contribution in [1.29, 1.82) is 0 Å². The van der Waals surface area contributed by atoms with E-state index in [0.29, 0.717) is 13.0 Å². The van der Waals surface area contributed by atoms with E-state index in [1.54, 1.807) is 6.08 Å². The van der Waals surface area contributed by atoms with E-state index in [-0.39, 0.29) is 0 Å². The molecule has 1 heterocycles. The summed E-state index contributed by atoms with van der Waals surface area (Å²) in [5.74, 6) is -1.51. The minimum Gasteiger partial charge on any atom is -0.480 e. The zero-order valence-electron chi connectivity index (χ0n) is 15.1. The van der Waals surface area contributed by atoms with Gasteiger partial charge in [-0.2, -0.15) is 0 Å². The summed E-state index contributed by atoms with van der Waals surface area (Å²) in [6.07, 6.45) is 5.01. The van der Waals surface area contributed by atoms with Crippen molar-refractivity contribution in [2.24, 2.45) is 0 Å². The van der Waals surface area contributed by atoms with Crippen molar-refractivity contribution in [2.45, 2.75) is 19.0 Å². The molecule has 5 N–H and O–H groups in total. The smallest absolute Gasteiger partial charge is 0.321 e. The number of carbonyl (C=O) groups excluding carboxylic acids is 1. The van der Waals surface area contributed by atoms with Crippen LogP contribution in [-0.4, -0.2) is 33.2 Å². The zero-order valence-corrected chi connectivity index (χ0v) is 15.1. The fourth-order valence-corrected chi connectivity index (χ4v) is 2.96. The normalized spacial score (nSPS) is 12.3. The van der Waals surface area contributed by atoms with Crippen LogP contribution >= 0.6 is 0 Å². The average molecular weight is 379 g/mol. The lowest BCUT2D eigenvalue weighted by atomic mass is 10.0. The Bertz CT molecular complexity index is 992. The second kappa shape index (κ2) is 8.98. The van der Waals surface area contributed by atoms with E-state index in [9.17, 15) is 14.7 Å². The highest BCUT2D eigenvalue weighted by Crippen LogP contribution is 2.19. The molecule has 0 bridgehead atoms. The summed E-state index contributed by atoms with van der Waals surface area (Å²) < 4.78 is 0. The van der Waals surface area contributed by atoms with Crippen molar-refractivity contribution in [3.8, 4) is 0 Å². The number of para-hydroxylation sites is 1. The quantitative estimate of drug-likeness (QED) is 0.234. The van der Waals surface area contributed by atoms with E-state index in [2.05, 4.69) is 10.3 Å². The lowest BCUT2D eigenvalue weighted by Gasteiger charge is -2.14. The number of carboxylic acids is 1. The predicted octanol–water partition coefficient (Wildman–Crippen LogP) is 2.47. The van der Waals surface area contributed by atoms with Gasteiger partial charge in [0, 0.05) is 36.1 Å². The van der Waals surface area contributed by atoms with E-state index < -0.39 is 17.9 Å². The Balaban J connectivity index is 1.63. The van der Waals surface area contributed by atoms with Gasteiger partial charge < -0.3 is 15.4 Å². The van der Waals surface area contributed by atoms with Crippen LogP contribution in [0.1, 0.15) is 16.7 Å². The molecule has 0 saturated carbocycles. The molecule has 1 aromatic heterocycles. The van der Waals surface area contributed by atoms with E-state index in [1.165, 1.54) is 11.6 Å². The number of aliphatic carboxylic acids is 1. The van der Waals surface area contributed by atoms with E-state index in [1.807, 2.05) is 54.7 Å². The second-order valence-electron chi connectivity index (χ2n) is 6.39. The fraction of sp³-hybridized carbons (Fsp3) is 0.143. The third kappa shape index (κ3) is 4.85. The van der Waals surface area contributed by atoms with Crippen LogP contribution in [0.4, 0.5) is 0 Å². The Morgan fingerprint density at radius 3 is 2.57 bits per heavy atom. The van der Waals surface area contributed by atoms with E-state index in [4.69, 9.17) is 5.21 Å². The predicted molar refractivity (Wildman–Crippen MR) is 106 cm³/mol. The van der Waals surface area contributed by atoms with Gasteiger partial charge in [0.15, 0.2) is 0 Å². The molecule has 0 radical (unpaired) electrons. The summed E-state index contributed by atoms with van der Waals surface area (Å²) in [6, 6.07) is 14.4. The largest absolute Gasteiger partial charge is 0.480 e. The van der Waals surface area contributed by atoms with Crippen molar-refractivity contribution in [1.82, 2.24) is 15.8 Å². The van der Waals surface area contributed by atoms with Gasteiger partial charge in [-0.05, 0) is 28.8 Å². The number of nitrogens with one attached hydrogen (secondary N) is 3. The fourth-order valence-electron chi connectivity index (χ4n) is 2.96. The third-order valence-electron chi connectivity index (χ3n) is 4.47.